The third-order valence-electron chi connectivity index (χ3n) is 2.27. The molecule has 2 N–H and O–H groups in total. The van der Waals surface area contributed by atoms with Crippen LogP contribution in [0.1, 0.15) is 12.0 Å². The van der Waals surface area contributed by atoms with E-state index in [9.17, 15) is 9.18 Å². The first-order chi connectivity index (χ1) is 8.63. The van der Waals surface area contributed by atoms with Gasteiger partial charge in [0.05, 0.1) is 0 Å². The van der Waals surface area contributed by atoms with Gasteiger partial charge in [-0.25, -0.2) is 9.18 Å². The van der Waals surface area contributed by atoms with Crippen LogP contribution in [0.5, 0.6) is 0 Å². The minimum Gasteiger partial charge on any atom is -0.385 e. The smallest absolute Gasteiger partial charge is 0.315 e. The zero-order valence-corrected chi connectivity index (χ0v) is 11.7. The molecule has 0 atom stereocenters. The Kier molecular flexibility index (Phi) is 6.67. The molecule has 0 bridgehead atoms. The number of methoxy groups -OCH3 is 1. The Morgan fingerprint density at radius 1 is 1.44 bits per heavy atom. The van der Waals surface area contributed by atoms with Gasteiger partial charge in [0.25, 0.3) is 0 Å². The highest BCUT2D eigenvalue weighted by Crippen LogP contribution is 2.14. The second-order valence-corrected chi connectivity index (χ2v) is 4.61. The minimum atomic E-state index is -0.343. The molecule has 1 rings (SSSR count). The van der Waals surface area contributed by atoms with Crippen molar-refractivity contribution in [2.24, 2.45) is 0 Å². The number of carbonyl (C=O) groups excluding carboxylic acids is 1. The summed E-state index contributed by atoms with van der Waals surface area (Å²) in [6, 6.07) is 4.42. The van der Waals surface area contributed by atoms with Crippen LogP contribution in [0.3, 0.4) is 0 Å². The Bertz CT molecular complexity index is 402. The first-order valence-corrected chi connectivity index (χ1v) is 6.37. The van der Waals surface area contributed by atoms with Crippen LogP contribution in [0, 0.1) is 5.82 Å². The average Bonchev–Trinajstić information content (AvgIpc) is 2.33. The Morgan fingerprint density at radius 3 is 2.89 bits per heavy atom. The van der Waals surface area contributed by atoms with E-state index in [-0.39, 0.29) is 18.4 Å². The number of amides is 2. The second kappa shape index (κ2) is 8.05. The standard InChI is InChI=1S/C12H16BrFN2O2/c1-18-6-2-5-15-12(17)16-8-9-3-4-10(13)7-11(9)14/h3-4,7H,2,5-6,8H2,1H3,(H2,15,16,17). The summed E-state index contributed by atoms with van der Waals surface area (Å²) in [7, 11) is 1.61. The van der Waals surface area contributed by atoms with Gasteiger partial charge in [-0.2, -0.15) is 0 Å². The summed E-state index contributed by atoms with van der Waals surface area (Å²) in [5, 5.41) is 5.25. The largest absolute Gasteiger partial charge is 0.385 e. The van der Waals surface area contributed by atoms with Crippen molar-refractivity contribution >= 4 is 22.0 Å². The first-order valence-electron chi connectivity index (χ1n) is 5.58. The summed E-state index contributed by atoms with van der Waals surface area (Å²) >= 11 is 3.17. The molecule has 18 heavy (non-hydrogen) atoms. The topological polar surface area (TPSA) is 50.4 Å². The van der Waals surface area contributed by atoms with Crippen molar-refractivity contribution in [1.82, 2.24) is 10.6 Å². The van der Waals surface area contributed by atoms with Gasteiger partial charge in [-0.1, -0.05) is 22.0 Å². The number of hydrogen-bond acceptors (Lipinski definition) is 2. The van der Waals surface area contributed by atoms with Gasteiger partial charge in [-0.15, -0.1) is 0 Å². The fraction of sp³-hybridized carbons (Fsp3) is 0.417. The number of urea groups is 1. The van der Waals surface area contributed by atoms with E-state index in [0.29, 0.717) is 23.2 Å². The Morgan fingerprint density at radius 2 is 2.22 bits per heavy atom. The second-order valence-electron chi connectivity index (χ2n) is 3.69. The molecule has 0 aliphatic heterocycles. The van der Waals surface area contributed by atoms with E-state index in [1.165, 1.54) is 6.07 Å². The molecule has 0 unspecified atom stereocenters. The lowest BCUT2D eigenvalue weighted by molar-refractivity contribution is 0.193. The van der Waals surface area contributed by atoms with Gasteiger partial charge in [0.1, 0.15) is 5.82 Å². The highest BCUT2D eigenvalue weighted by Gasteiger charge is 2.04. The summed E-state index contributed by atoms with van der Waals surface area (Å²) < 4.78 is 19.0. The van der Waals surface area contributed by atoms with Crippen LogP contribution < -0.4 is 10.6 Å². The summed E-state index contributed by atoms with van der Waals surface area (Å²) in [6.07, 6.45) is 0.747. The molecule has 0 aromatic heterocycles. The lowest BCUT2D eigenvalue weighted by atomic mass is 10.2. The molecule has 4 nitrogen and oxygen atoms in total. The van der Waals surface area contributed by atoms with Crippen molar-refractivity contribution in [3.8, 4) is 0 Å². The fourth-order valence-electron chi connectivity index (χ4n) is 1.32. The molecule has 2 amide bonds. The maximum atomic E-state index is 13.4. The Labute approximate surface area is 114 Å². The maximum Gasteiger partial charge on any atom is 0.315 e. The molecule has 0 fully saturated rings. The van der Waals surface area contributed by atoms with Crippen LogP contribution in [0.15, 0.2) is 22.7 Å². The minimum absolute atomic E-state index is 0.162. The van der Waals surface area contributed by atoms with Crippen molar-refractivity contribution < 1.29 is 13.9 Å². The SMILES string of the molecule is COCCCNC(=O)NCc1ccc(Br)cc1F. The molecule has 0 saturated heterocycles. The van der Waals surface area contributed by atoms with E-state index in [2.05, 4.69) is 26.6 Å². The molecular weight excluding hydrogens is 303 g/mol. The first kappa shape index (κ1) is 14.9. The average molecular weight is 319 g/mol. The molecule has 0 saturated carbocycles. The maximum absolute atomic E-state index is 13.4. The van der Waals surface area contributed by atoms with Crippen LogP contribution in [0.25, 0.3) is 0 Å². The van der Waals surface area contributed by atoms with E-state index < -0.39 is 0 Å². The lowest BCUT2D eigenvalue weighted by Gasteiger charge is -2.08. The predicted molar refractivity (Wildman–Crippen MR) is 70.8 cm³/mol. The third-order valence-corrected chi connectivity index (χ3v) is 2.76. The summed E-state index contributed by atoms with van der Waals surface area (Å²) in [4.78, 5) is 11.4. The number of halogens is 2. The summed E-state index contributed by atoms with van der Waals surface area (Å²) in [6.45, 7) is 1.29. The van der Waals surface area contributed by atoms with Crippen molar-refractivity contribution in [1.29, 1.82) is 0 Å². The lowest BCUT2D eigenvalue weighted by Crippen LogP contribution is -2.36. The number of hydrogen-bond donors (Lipinski definition) is 2. The number of ether oxygens (including phenoxy) is 1. The number of nitrogens with one attached hydrogen (secondary N) is 2. The molecule has 1 aromatic rings. The third kappa shape index (κ3) is 5.46. The predicted octanol–water partition coefficient (Wildman–Crippen LogP) is 2.42. The quantitative estimate of drug-likeness (QED) is 0.791. The van der Waals surface area contributed by atoms with Crippen LogP contribution in [-0.4, -0.2) is 26.3 Å². The highest BCUT2D eigenvalue weighted by atomic mass is 79.9. The van der Waals surface area contributed by atoms with Crippen molar-refractivity contribution in [2.45, 2.75) is 13.0 Å². The van der Waals surface area contributed by atoms with E-state index in [0.717, 1.165) is 6.42 Å². The van der Waals surface area contributed by atoms with Crippen LogP contribution >= 0.6 is 15.9 Å². The zero-order chi connectivity index (χ0) is 13.4. The summed E-state index contributed by atoms with van der Waals surface area (Å²) in [5.41, 5.74) is 0.449. The van der Waals surface area contributed by atoms with E-state index in [1.807, 2.05) is 0 Å². The van der Waals surface area contributed by atoms with E-state index in [1.54, 1.807) is 19.2 Å². The normalized spacial score (nSPS) is 10.2. The number of benzene rings is 1. The Hall–Kier alpha value is -1.14. The number of rotatable bonds is 6. The van der Waals surface area contributed by atoms with E-state index >= 15 is 0 Å². The zero-order valence-electron chi connectivity index (χ0n) is 10.1. The highest BCUT2D eigenvalue weighted by molar-refractivity contribution is 9.10. The van der Waals surface area contributed by atoms with Crippen molar-refractivity contribution in [3.05, 3.63) is 34.1 Å². The van der Waals surface area contributed by atoms with E-state index in [4.69, 9.17) is 4.74 Å². The molecule has 1 aromatic carbocycles. The van der Waals surface area contributed by atoms with Gasteiger partial charge >= 0.3 is 6.03 Å². The van der Waals surface area contributed by atoms with Gasteiger partial charge < -0.3 is 15.4 Å². The van der Waals surface area contributed by atoms with Crippen molar-refractivity contribution in [3.63, 3.8) is 0 Å². The van der Waals surface area contributed by atoms with Crippen LogP contribution in [-0.2, 0) is 11.3 Å². The molecule has 0 aliphatic carbocycles. The van der Waals surface area contributed by atoms with Gasteiger partial charge in [0.2, 0.25) is 0 Å². The molecule has 0 radical (unpaired) electrons. The Balaban J connectivity index is 2.29. The van der Waals surface area contributed by atoms with Crippen LogP contribution in [0.4, 0.5) is 9.18 Å². The van der Waals surface area contributed by atoms with Crippen molar-refractivity contribution in [2.75, 3.05) is 20.3 Å². The number of carbonyl (C=O) groups is 1. The van der Waals surface area contributed by atoms with Gasteiger partial charge in [0.15, 0.2) is 0 Å². The van der Waals surface area contributed by atoms with Gasteiger partial charge in [0, 0.05) is 36.8 Å². The monoisotopic (exact) mass is 318 g/mol. The summed E-state index contributed by atoms with van der Waals surface area (Å²) in [5.74, 6) is -0.343. The molecule has 0 heterocycles. The molecule has 0 aliphatic rings. The van der Waals surface area contributed by atoms with Gasteiger partial charge in [-0.3, -0.25) is 0 Å². The fourth-order valence-corrected chi connectivity index (χ4v) is 1.65. The molecule has 6 heteroatoms. The van der Waals surface area contributed by atoms with Gasteiger partial charge in [-0.05, 0) is 18.6 Å². The molecular formula is C12H16BrFN2O2. The van der Waals surface area contributed by atoms with Crippen LogP contribution in [0.2, 0.25) is 0 Å². The molecule has 0 spiro atoms. The molecule has 100 valence electrons.